The Kier molecular flexibility index (Phi) is 23.7. The molecule has 37 heavy (non-hydrogen) atoms. The lowest BCUT2D eigenvalue weighted by molar-refractivity contribution is -0.144. The molecule has 0 aliphatic carbocycles. The minimum Gasteiger partial charge on any atom is -0.490 e. The van der Waals surface area contributed by atoms with Crippen molar-refractivity contribution in [2.75, 3.05) is 13.2 Å². The van der Waals surface area contributed by atoms with Gasteiger partial charge in [-0.2, -0.15) is 0 Å². The van der Waals surface area contributed by atoms with Crippen LogP contribution in [0.25, 0.3) is 0 Å². The average Bonchev–Trinajstić information content (AvgIpc) is 2.91. The zero-order chi connectivity index (χ0) is 26.7. The fourth-order valence-corrected chi connectivity index (χ4v) is 4.89. The van der Waals surface area contributed by atoms with Gasteiger partial charge in [-0.3, -0.25) is 4.79 Å². The SMILES string of the molecule is CCCCCCCCCCCCCCCCCC(=O)OCCOc1ccc(CCCCCCCC)cc1. The predicted octanol–water partition coefficient (Wildman–Crippen LogP) is 10.8. The molecule has 0 fully saturated rings. The van der Waals surface area contributed by atoms with Crippen LogP contribution in [0.5, 0.6) is 5.75 Å². The van der Waals surface area contributed by atoms with Crippen molar-refractivity contribution in [1.29, 1.82) is 0 Å². The normalized spacial score (nSPS) is 11.1. The van der Waals surface area contributed by atoms with Crippen molar-refractivity contribution in [2.24, 2.45) is 0 Å². The Morgan fingerprint density at radius 2 is 0.973 bits per heavy atom. The maximum atomic E-state index is 11.9. The molecule has 3 heteroatoms. The van der Waals surface area contributed by atoms with E-state index in [2.05, 4.69) is 26.0 Å². The summed E-state index contributed by atoms with van der Waals surface area (Å²) in [7, 11) is 0. The van der Waals surface area contributed by atoms with Gasteiger partial charge in [0.15, 0.2) is 0 Å². The Morgan fingerprint density at radius 1 is 0.541 bits per heavy atom. The average molecular weight is 517 g/mol. The van der Waals surface area contributed by atoms with E-state index in [1.165, 1.54) is 128 Å². The number of hydrogen-bond acceptors (Lipinski definition) is 3. The van der Waals surface area contributed by atoms with Crippen molar-refractivity contribution < 1.29 is 14.3 Å². The second kappa shape index (κ2) is 26.1. The summed E-state index contributed by atoms with van der Waals surface area (Å²) in [6.45, 7) is 5.29. The minimum absolute atomic E-state index is 0.0902. The van der Waals surface area contributed by atoms with E-state index in [9.17, 15) is 4.79 Å². The summed E-state index contributed by atoms with van der Waals surface area (Å²) >= 11 is 0. The van der Waals surface area contributed by atoms with Crippen molar-refractivity contribution in [2.45, 2.75) is 162 Å². The van der Waals surface area contributed by atoms with Crippen LogP contribution in [0.15, 0.2) is 24.3 Å². The zero-order valence-electron chi connectivity index (χ0n) is 24.7. The third-order valence-electron chi connectivity index (χ3n) is 7.34. The fraction of sp³-hybridized carbons (Fsp3) is 0.794. The van der Waals surface area contributed by atoms with Crippen LogP contribution < -0.4 is 4.74 Å². The van der Waals surface area contributed by atoms with Gasteiger partial charge in [0.1, 0.15) is 19.0 Å². The summed E-state index contributed by atoms with van der Waals surface area (Å²) in [6.07, 6.45) is 29.7. The zero-order valence-corrected chi connectivity index (χ0v) is 24.7. The van der Waals surface area contributed by atoms with Crippen molar-refractivity contribution in [3.63, 3.8) is 0 Å². The molecule has 1 rings (SSSR count). The lowest BCUT2D eigenvalue weighted by Gasteiger charge is -2.08. The van der Waals surface area contributed by atoms with E-state index in [-0.39, 0.29) is 5.97 Å². The van der Waals surface area contributed by atoms with Gasteiger partial charge in [0.25, 0.3) is 0 Å². The van der Waals surface area contributed by atoms with Gasteiger partial charge in [-0.15, -0.1) is 0 Å². The first-order chi connectivity index (χ1) is 18.3. The second-order valence-electron chi connectivity index (χ2n) is 10.9. The lowest BCUT2D eigenvalue weighted by atomic mass is 10.0. The maximum Gasteiger partial charge on any atom is 0.305 e. The smallest absolute Gasteiger partial charge is 0.305 e. The highest BCUT2D eigenvalue weighted by Crippen LogP contribution is 2.16. The Morgan fingerprint density at radius 3 is 1.46 bits per heavy atom. The molecule has 0 aliphatic heterocycles. The monoisotopic (exact) mass is 516 g/mol. The van der Waals surface area contributed by atoms with Crippen LogP contribution in [-0.2, 0) is 16.0 Å². The molecular weight excluding hydrogens is 456 g/mol. The summed E-state index contributed by atoms with van der Waals surface area (Å²) in [4.78, 5) is 11.9. The number of hydrogen-bond donors (Lipinski definition) is 0. The number of carbonyl (C=O) groups excluding carboxylic acids is 1. The molecule has 0 amide bonds. The number of aryl methyl sites for hydroxylation is 1. The highest BCUT2D eigenvalue weighted by atomic mass is 16.6. The highest BCUT2D eigenvalue weighted by Gasteiger charge is 2.03. The van der Waals surface area contributed by atoms with Crippen molar-refractivity contribution in [1.82, 2.24) is 0 Å². The van der Waals surface area contributed by atoms with Crippen molar-refractivity contribution in [3.8, 4) is 5.75 Å². The first kappa shape index (κ1) is 33.5. The standard InChI is InChI=1S/C34H60O3/c1-3-5-7-9-11-12-13-14-15-16-17-18-19-21-23-25-34(35)37-31-30-36-33-28-26-32(27-29-33)24-22-20-10-8-6-4-2/h26-29H,3-25,30-31H2,1-2H3. The van der Waals surface area contributed by atoms with Crippen LogP contribution in [0.1, 0.15) is 161 Å². The number of rotatable bonds is 27. The topological polar surface area (TPSA) is 35.5 Å². The van der Waals surface area contributed by atoms with Gasteiger partial charge in [-0.05, 0) is 37.0 Å². The van der Waals surface area contributed by atoms with Gasteiger partial charge < -0.3 is 9.47 Å². The lowest BCUT2D eigenvalue weighted by Crippen LogP contribution is -2.12. The van der Waals surface area contributed by atoms with E-state index in [4.69, 9.17) is 9.47 Å². The molecule has 3 nitrogen and oxygen atoms in total. The summed E-state index contributed by atoms with van der Waals surface area (Å²) in [5.41, 5.74) is 1.37. The molecule has 0 spiro atoms. The third-order valence-corrected chi connectivity index (χ3v) is 7.34. The van der Waals surface area contributed by atoms with E-state index >= 15 is 0 Å². The van der Waals surface area contributed by atoms with E-state index in [1.807, 2.05) is 12.1 Å². The molecule has 0 bridgehead atoms. The van der Waals surface area contributed by atoms with Crippen LogP contribution >= 0.6 is 0 Å². The van der Waals surface area contributed by atoms with Gasteiger partial charge >= 0.3 is 5.97 Å². The van der Waals surface area contributed by atoms with Gasteiger partial charge in [-0.25, -0.2) is 0 Å². The number of esters is 1. The Labute approximate surface area is 230 Å². The van der Waals surface area contributed by atoms with Crippen LogP contribution in [-0.4, -0.2) is 19.2 Å². The molecule has 1 aromatic rings. The number of carbonyl (C=O) groups is 1. The Bertz CT molecular complexity index is 610. The summed E-state index contributed by atoms with van der Waals surface area (Å²) in [5, 5.41) is 0. The molecule has 1 aromatic carbocycles. The second-order valence-corrected chi connectivity index (χ2v) is 10.9. The van der Waals surface area contributed by atoms with Gasteiger partial charge in [0.2, 0.25) is 0 Å². The van der Waals surface area contributed by atoms with Gasteiger partial charge in [0.05, 0.1) is 0 Å². The number of unbranched alkanes of at least 4 members (excludes halogenated alkanes) is 19. The molecule has 0 unspecified atom stereocenters. The van der Waals surface area contributed by atoms with Crippen molar-refractivity contribution >= 4 is 5.97 Å². The van der Waals surface area contributed by atoms with Crippen LogP contribution in [0.4, 0.5) is 0 Å². The summed E-state index contributed by atoms with van der Waals surface area (Å²) in [5.74, 6) is 0.762. The van der Waals surface area contributed by atoms with Gasteiger partial charge in [0, 0.05) is 6.42 Å². The first-order valence-electron chi connectivity index (χ1n) is 16.1. The molecule has 0 atom stereocenters. The number of benzene rings is 1. The van der Waals surface area contributed by atoms with E-state index < -0.39 is 0 Å². The minimum atomic E-state index is -0.0902. The molecule has 0 saturated heterocycles. The number of ether oxygens (including phenoxy) is 2. The molecule has 0 N–H and O–H groups in total. The Hall–Kier alpha value is -1.51. The third kappa shape index (κ3) is 22.2. The molecule has 0 radical (unpaired) electrons. The Balaban J connectivity index is 1.86. The molecule has 0 saturated carbocycles. The molecule has 0 aliphatic rings. The van der Waals surface area contributed by atoms with Crippen molar-refractivity contribution in [3.05, 3.63) is 29.8 Å². The predicted molar refractivity (Wildman–Crippen MR) is 160 cm³/mol. The molecular formula is C34H60O3. The van der Waals surface area contributed by atoms with E-state index in [1.54, 1.807) is 0 Å². The van der Waals surface area contributed by atoms with Gasteiger partial charge in [-0.1, -0.05) is 148 Å². The maximum absolute atomic E-state index is 11.9. The van der Waals surface area contributed by atoms with Crippen LogP contribution in [0, 0.1) is 0 Å². The van der Waals surface area contributed by atoms with E-state index in [0.717, 1.165) is 25.0 Å². The van der Waals surface area contributed by atoms with E-state index in [0.29, 0.717) is 19.6 Å². The summed E-state index contributed by atoms with van der Waals surface area (Å²) < 4.78 is 11.1. The fourth-order valence-electron chi connectivity index (χ4n) is 4.89. The molecule has 0 aromatic heterocycles. The largest absolute Gasteiger partial charge is 0.490 e. The molecule has 0 heterocycles. The molecule has 214 valence electrons. The highest BCUT2D eigenvalue weighted by molar-refractivity contribution is 5.69. The van der Waals surface area contributed by atoms with Crippen LogP contribution in [0.2, 0.25) is 0 Å². The summed E-state index contributed by atoms with van der Waals surface area (Å²) in [6, 6.07) is 8.38. The first-order valence-corrected chi connectivity index (χ1v) is 16.1. The quantitative estimate of drug-likeness (QED) is 0.0861. The van der Waals surface area contributed by atoms with Crippen LogP contribution in [0.3, 0.4) is 0 Å².